The zero-order valence-electron chi connectivity index (χ0n) is 14.4. The lowest BCUT2D eigenvalue weighted by atomic mass is 9.95. The molecule has 0 saturated carbocycles. The van der Waals surface area contributed by atoms with Crippen molar-refractivity contribution in [1.82, 2.24) is 9.47 Å². The summed E-state index contributed by atoms with van der Waals surface area (Å²) < 4.78 is 12.3. The molecule has 1 fully saturated rings. The van der Waals surface area contributed by atoms with E-state index in [9.17, 15) is 19.5 Å². The third-order valence-electron chi connectivity index (χ3n) is 5.01. The van der Waals surface area contributed by atoms with E-state index in [2.05, 4.69) is 0 Å². The molecule has 1 saturated heterocycles. The summed E-state index contributed by atoms with van der Waals surface area (Å²) in [4.78, 5) is 37.9. The van der Waals surface area contributed by atoms with Gasteiger partial charge in [-0.1, -0.05) is 0 Å². The van der Waals surface area contributed by atoms with Crippen LogP contribution in [0.5, 0.6) is 0 Å². The molecule has 1 N–H and O–H groups in total. The number of amides is 1. The molecule has 0 unspecified atom stereocenters. The number of carbonyl (C=O) groups is 2. The maximum Gasteiger partial charge on any atom is 0.341 e. The van der Waals surface area contributed by atoms with E-state index in [1.54, 1.807) is 18.2 Å². The number of ether oxygens (including phenoxy) is 2. The summed E-state index contributed by atoms with van der Waals surface area (Å²) >= 11 is 0. The van der Waals surface area contributed by atoms with E-state index in [0.29, 0.717) is 50.3 Å². The van der Waals surface area contributed by atoms with E-state index in [-0.39, 0.29) is 23.6 Å². The SMILES string of the molecule is CO[C@H]1COCC[C@@H]1n1cc2c(c(C(=O)O)c1=O)CCN(C(C)=O)C2. The monoisotopic (exact) mass is 350 g/mol. The number of aromatic nitrogens is 1. The molecule has 0 aliphatic carbocycles. The van der Waals surface area contributed by atoms with Crippen LogP contribution in [0.25, 0.3) is 0 Å². The van der Waals surface area contributed by atoms with Gasteiger partial charge in [0.25, 0.3) is 5.56 Å². The molecule has 8 heteroatoms. The maximum atomic E-state index is 12.9. The Bertz CT molecular complexity index is 756. The molecule has 2 aliphatic heterocycles. The Morgan fingerprint density at radius 2 is 2.16 bits per heavy atom. The molecule has 1 amide bonds. The largest absolute Gasteiger partial charge is 0.477 e. The molecule has 8 nitrogen and oxygen atoms in total. The van der Waals surface area contributed by atoms with Crippen molar-refractivity contribution in [3.63, 3.8) is 0 Å². The van der Waals surface area contributed by atoms with Crippen molar-refractivity contribution in [2.45, 2.75) is 38.5 Å². The van der Waals surface area contributed by atoms with Gasteiger partial charge >= 0.3 is 5.97 Å². The fourth-order valence-electron chi connectivity index (χ4n) is 3.66. The second-order valence-corrected chi connectivity index (χ2v) is 6.42. The molecule has 1 aromatic heterocycles. The topological polar surface area (TPSA) is 98.1 Å². The summed E-state index contributed by atoms with van der Waals surface area (Å²) in [5.41, 5.74) is 0.533. The van der Waals surface area contributed by atoms with Gasteiger partial charge in [-0.25, -0.2) is 4.79 Å². The third-order valence-corrected chi connectivity index (χ3v) is 5.01. The number of fused-ring (bicyclic) bond motifs is 1. The standard InChI is InChI=1S/C17H22N2O6/c1-10(20)18-5-3-12-11(7-18)8-19(16(21)15(12)17(22)23)13-4-6-25-9-14(13)24-2/h8,13-14H,3-7,9H2,1-2H3,(H,22,23)/t13-,14-/m0/s1. The molecule has 2 atom stereocenters. The van der Waals surface area contributed by atoms with E-state index < -0.39 is 11.5 Å². The summed E-state index contributed by atoms with van der Waals surface area (Å²) in [7, 11) is 1.55. The van der Waals surface area contributed by atoms with Gasteiger partial charge in [0.1, 0.15) is 11.7 Å². The molecule has 136 valence electrons. The van der Waals surface area contributed by atoms with Crippen molar-refractivity contribution in [2.24, 2.45) is 0 Å². The average Bonchev–Trinajstić information content (AvgIpc) is 2.60. The van der Waals surface area contributed by atoms with Crippen molar-refractivity contribution in [2.75, 3.05) is 26.9 Å². The smallest absolute Gasteiger partial charge is 0.341 e. The number of pyridine rings is 1. The fourth-order valence-corrected chi connectivity index (χ4v) is 3.66. The Hall–Kier alpha value is -2.19. The normalized spacial score (nSPS) is 23.2. The van der Waals surface area contributed by atoms with Gasteiger partial charge in [0.15, 0.2) is 0 Å². The van der Waals surface area contributed by atoms with Gasteiger partial charge in [-0.2, -0.15) is 0 Å². The van der Waals surface area contributed by atoms with E-state index in [0.717, 1.165) is 0 Å². The summed E-state index contributed by atoms with van der Waals surface area (Å²) in [5.74, 6) is -1.30. The molecular formula is C17H22N2O6. The highest BCUT2D eigenvalue weighted by molar-refractivity contribution is 5.89. The van der Waals surface area contributed by atoms with Gasteiger partial charge < -0.3 is 24.0 Å². The van der Waals surface area contributed by atoms with E-state index in [1.807, 2.05) is 0 Å². The van der Waals surface area contributed by atoms with Crippen LogP contribution in [-0.4, -0.2) is 59.4 Å². The highest BCUT2D eigenvalue weighted by Gasteiger charge is 2.32. The highest BCUT2D eigenvalue weighted by Crippen LogP contribution is 2.26. The van der Waals surface area contributed by atoms with Crippen molar-refractivity contribution >= 4 is 11.9 Å². The van der Waals surface area contributed by atoms with Crippen LogP contribution in [0.15, 0.2) is 11.0 Å². The molecule has 1 aromatic rings. The molecule has 3 rings (SSSR count). The summed E-state index contributed by atoms with van der Waals surface area (Å²) in [6.45, 7) is 3.05. The molecule has 0 aromatic carbocycles. The van der Waals surface area contributed by atoms with Crippen LogP contribution >= 0.6 is 0 Å². The number of hydrogen-bond acceptors (Lipinski definition) is 5. The Labute approximate surface area is 144 Å². The first-order chi connectivity index (χ1) is 11.9. The Morgan fingerprint density at radius 1 is 1.40 bits per heavy atom. The minimum absolute atomic E-state index is 0.0684. The molecular weight excluding hydrogens is 328 g/mol. The summed E-state index contributed by atoms with van der Waals surface area (Å²) in [5, 5.41) is 9.59. The van der Waals surface area contributed by atoms with Crippen LogP contribution in [0, 0.1) is 0 Å². The molecule has 0 spiro atoms. The zero-order chi connectivity index (χ0) is 18.1. The van der Waals surface area contributed by atoms with Crippen LogP contribution in [0.3, 0.4) is 0 Å². The van der Waals surface area contributed by atoms with Gasteiger partial charge in [-0.15, -0.1) is 0 Å². The summed E-state index contributed by atoms with van der Waals surface area (Å²) in [6, 6.07) is -0.289. The van der Waals surface area contributed by atoms with Gasteiger partial charge in [-0.3, -0.25) is 9.59 Å². The number of carboxylic acid groups (broad SMARTS) is 1. The number of nitrogens with zero attached hydrogens (tertiary/aromatic N) is 2. The van der Waals surface area contributed by atoms with E-state index >= 15 is 0 Å². The van der Waals surface area contributed by atoms with Crippen molar-refractivity contribution < 1.29 is 24.2 Å². The van der Waals surface area contributed by atoms with Crippen molar-refractivity contribution in [3.8, 4) is 0 Å². The van der Waals surface area contributed by atoms with Crippen LogP contribution in [0.2, 0.25) is 0 Å². The molecule has 0 bridgehead atoms. The first kappa shape index (κ1) is 17.6. The van der Waals surface area contributed by atoms with E-state index in [4.69, 9.17) is 9.47 Å². The Morgan fingerprint density at radius 3 is 2.80 bits per heavy atom. The summed E-state index contributed by atoms with van der Waals surface area (Å²) in [6.07, 6.45) is 2.31. The number of carbonyl (C=O) groups excluding carboxylic acids is 1. The molecule has 25 heavy (non-hydrogen) atoms. The molecule has 0 radical (unpaired) electrons. The second-order valence-electron chi connectivity index (χ2n) is 6.42. The van der Waals surface area contributed by atoms with Gasteiger partial charge in [0.05, 0.1) is 12.6 Å². The van der Waals surface area contributed by atoms with Crippen LogP contribution in [0.1, 0.15) is 40.9 Å². The minimum atomic E-state index is -1.23. The lowest BCUT2D eigenvalue weighted by Crippen LogP contribution is -2.44. The number of hydrogen-bond donors (Lipinski definition) is 1. The lowest BCUT2D eigenvalue weighted by Gasteiger charge is -2.34. The number of methoxy groups -OCH3 is 1. The molecule has 3 heterocycles. The lowest BCUT2D eigenvalue weighted by molar-refractivity contribution is -0.129. The van der Waals surface area contributed by atoms with Crippen molar-refractivity contribution in [1.29, 1.82) is 0 Å². The molecule has 2 aliphatic rings. The van der Waals surface area contributed by atoms with E-state index in [1.165, 1.54) is 11.5 Å². The predicted octanol–water partition coefficient (Wildman–Crippen LogP) is 0.428. The maximum absolute atomic E-state index is 12.9. The van der Waals surface area contributed by atoms with Crippen LogP contribution < -0.4 is 5.56 Å². The quantitative estimate of drug-likeness (QED) is 0.849. The Kier molecular flexibility index (Phi) is 4.91. The first-order valence-corrected chi connectivity index (χ1v) is 8.30. The van der Waals surface area contributed by atoms with Gasteiger partial charge in [-0.05, 0) is 24.0 Å². The van der Waals surface area contributed by atoms with Crippen LogP contribution in [0.4, 0.5) is 0 Å². The third kappa shape index (κ3) is 3.19. The first-order valence-electron chi connectivity index (χ1n) is 8.30. The predicted molar refractivity (Wildman–Crippen MR) is 87.7 cm³/mol. The number of rotatable bonds is 3. The van der Waals surface area contributed by atoms with Gasteiger partial charge in [0.2, 0.25) is 5.91 Å². The highest BCUT2D eigenvalue weighted by atomic mass is 16.5. The second kappa shape index (κ2) is 6.97. The van der Waals surface area contributed by atoms with Gasteiger partial charge in [0, 0.05) is 39.9 Å². The fraction of sp³-hybridized carbons (Fsp3) is 0.588. The van der Waals surface area contributed by atoms with Crippen LogP contribution in [-0.2, 0) is 27.2 Å². The number of aromatic carboxylic acids is 1. The average molecular weight is 350 g/mol. The zero-order valence-corrected chi connectivity index (χ0v) is 14.4. The number of carboxylic acids is 1. The minimum Gasteiger partial charge on any atom is -0.477 e. The van der Waals surface area contributed by atoms with Crippen molar-refractivity contribution in [3.05, 3.63) is 33.2 Å². The Balaban J connectivity index is 2.12.